The van der Waals surface area contributed by atoms with Crippen LogP contribution in [0, 0.1) is 104 Å². The molecule has 10 atom stereocenters. The molecule has 0 aromatic heterocycles. The lowest BCUT2D eigenvalue weighted by atomic mass is 9.77. The molecule has 0 bridgehead atoms. The fourth-order valence-electron chi connectivity index (χ4n) is 13.1. The van der Waals surface area contributed by atoms with Gasteiger partial charge in [0.05, 0.1) is 30.2 Å². The minimum atomic E-state index is -0.558. The number of ketones is 9. The van der Waals surface area contributed by atoms with E-state index in [-0.39, 0.29) is 142 Å². The van der Waals surface area contributed by atoms with Gasteiger partial charge in [-0.25, -0.2) is 0 Å². The maximum absolute atomic E-state index is 12.9. The number of Topliss-reactive ketones (excluding diaryl/α,β-unsaturated/α-hetero) is 9. The van der Waals surface area contributed by atoms with Crippen LogP contribution >= 0.6 is 0 Å². The molecule has 21 heteroatoms. The standard InChI is InChI=1S/C21H40N2O3.2C20H32N2O2.2C16H32N2O2.4C4H10/c1-14(2)16(13-20(4,5)6)19(26)23-17(18(25)21(7,8)9)11-10-12-22-15(3)24;2*1-20(2,3)19(24)16(11-7-8-12-21)14-18(23)17(22)13-15-9-5-4-6-10-15;2*1-11(2)14(18)13(19)10-12(8-6-7-9-17)15(20)16(3,4)5;4*1-4(2)3/h14,16-17H,10-13H2,1-9H3,(H,22,24)(H,23,26);2*4-6,9-10,16-17H,7-8,11-14,21-22H2,1-3H3;2*11-12,14H,6-10,17-18H2,1-5H3;4*4H,1-3H3. The predicted molar refractivity (Wildman–Crippen MR) is 553 cm³/mol. The lowest BCUT2D eigenvalue weighted by Gasteiger charge is -2.31. The Morgan fingerprint density at radius 2 is 0.554 bits per heavy atom. The zero-order chi connectivity index (χ0) is 103. The van der Waals surface area contributed by atoms with E-state index in [1.165, 1.54) is 6.92 Å². The fourth-order valence-corrected chi connectivity index (χ4v) is 13.1. The number of hydrogen-bond donors (Lipinski definition) is 10. The second-order valence-electron chi connectivity index (χ2n) is 46.0. The van der Waals surface area contributed by atoms with Crippen molar-refractivity contribution >= 4 is 63.9 Å². The molecule has 21 nitrogen and oxygen atoms in total. The number of nitrogens with two attached hydrogens (primary N) is 8. The van der Waals surface area contributed by atoms with Crippen LogP contribution < -0.4 is 56.5 Å². The molecule has 760 valence electrons. The number of amides is 2. The molecule has 130 heavy (non-hydrogen) atoms. The van der Waals surface area contributed by atoms with Gasteiger partial charge in [0.1, 0.15) is 23.1 Å². The molecule has 0 fully saturated rings. The average Bonchev–Trinajstić information content (AvgIpc) is 0.852. The number of rotatable bonds is 47. The highest BCUT2D eigenvalue weighted by atomic mass is 16.2. The van der Waals surface area contributed by atoms with Crippen LogP contribution in [0.15, 0.2) is 60.7 Å². The quantitative estimate of drug-likeness (QED) is 0.0275. The van der Waals surface area contributed by atoms with Gasteiger partial charge in [0, 0.05) is 95.8 Å². The van der Waals surface area contributed by atoms with E-state index in [1.807, 2.05) is 206 Å². The van der Waals surface area contributed by atoms with Crippen molar-refractivity contribution in [2.24, 2.45) is 149 Å². The Morgan fingerprint density at radius 3 is 0.754 bits per heavy atom. The van der Waals surface area contributed by atoms with E-state index in [0.717, 1.165) is 105 Å². The van der Waals surface area contributed by atoms with Gasteiger partial charge in [0.2, 0.25) is 11.8 Å². The summed E-state index contributed by atoms with van der Waals surface area (Å²) in [5, 5.41) is 5.76. The van der Waals surface area contributed by atoms with Gasteiger partial charge >= 0.3 is 0 Å². The molecule has 2 amide bonds. The highest BCUT2D eigenvalue weighted by Crippen LogP contribution is 2.33. The Hall–Kier alpha value is -5.91. The average molecular weight is 1830 g/mol. The third kappa shape index (κ3) is 77.4. The van der Waals surface area contributed by atoms with Crippen molar-refractivity contribution in [3.63, 3.8) is 0 Å². The van der Waals surface area contributed by atoms with Crippen molar-refractivity contribution in [3.05, 3.63) is 71.8 Å². The van der Waals surface area contributed by atoms with Crippen LogP contribution in [0.3, 0.4) is 0 Å². The van der Waals surface area contributed by atoms with E-state index in [0.29, 0.717) is 71.2 Å². The van der Waals surface area contributed by atoms with E-state index in [4.69, 9.17) is 45.9 Å². The van der Waals surface area contributed by atoms with Gasteiger partial charge in [-0.1, -0.05) is 336 Å². The van der Waals surface area contributed by atoms with Gasteiger partial charge in [-0.2, -0.15) is 0 Å². The lowest BCUT2D eigenvalue weighted by molar-refractivity contribution is -0.135. The van der Waals surface area contributed by atoms with Crippen LogP contribution in [0.5, 0.6) is 0 Å². The SMILES string of the molecule is CC(=O)NCCCC(NC(=O)C(CC(C)(C)C)C(C)C)C(=O)C(C)(C)C.CC(C)(C)C(=O)C(CCCCN)CC(=O)C(N)Cc1ccccc1.CC(C)(C)C(=O)C(CCCCN)CC(=O)C(N)Cc1ccccc1.CC(C)C.CC(C)C.CC(C)C.CC(C)C.CC(C)C(N)C(=O)CC(CCCCN)C(=O)C(C)(C)C.CC(C)C(N)C(=O)CC(CCCCN)C(=O)C(C)(C)C. The van der Waals surface area contributed by atoms with Crippen LogP contribution in [-0.2, 0) is 65.6 Å². The molecule has 2 aromatic carbocycles. The minimum absolute atomic E-state index is 0.00431. The van der Waals surface area contributed by atoms with Crippen LogP contribution in [0.25, 0.3) is 0 Å². The van der Waals surface area contributed by atoms with Crippen LogP contribution in [0.2, 0.25) is 0 Å². The summed E-state index contributed by atoms with van der Waals surface area (Å²) in [6, 6.07) is 16.9. The summed E-state index contributed by atoms with van der Waals surface area (Å²) < 4.78 is 0. The predicted octanol–water partition coefficient (Wildman–Crippen LogP) is 20.7. The first kappa shape index (κ1) is 137. The zero-order valence-electron chi connectivity index (χ0n) is 90.6. The largest absolute Gasteiger partial charge is 0.356 e. The maximum Gasteiger partial charge on any atom is 0.223 e. The molecule has 0 saturated carbocycles. The van der Waals surface area contributed by atoms with Gasteiger partial charge < -0.3 is 56.5 Å². The van der Waals surface area contributed by atoms with Gasteiger partial charge in [-0.05, 0) is 168 Å². The Labute approximate surface area is 798 Å². The lowest BCUT2D eigenvalue weighted by Crippen LogP contribution is -2.49. The number of unbranched alkanes of at least 4 members (excludes halogenated alkanes) is 4. The number of carbonyl (C=O) groups is 11. The molecule has 0 radical (unpaired) electrons. The molecule has 0 saturated heterocycles. The Morgan fingerprint density at radius 1 is 0.315 bits per heavy atom. The highest BCUT2D eigenvalue weighted by Gasteiger charge is 2.38. The first-order valence-electron chi connectivity index (χ1n) is 49.6. The number of nitrogens with one attached hydrogen (secondary N) is 2. The molecule has 0 aliphatic rings. The van der Waals surface area contributed by atoms with Gasteiger partial charge in [-0.3, -0.25) is 52.7 Å². The number of benzene rings is 2. The van der Waals surface area contributed by atoms with Crippen molar-refractivity contribution in [2.45, 2.75) is 421 Å². The monoisotopic (exact) mass is 1830 g/mol. The normalized spacial score (nSPS) is 14.0. The summed E-state index contributed by atoms with van der Waals surface area (Å²) in [5.41, 5.74) is 45.9. The summed E-state index contributed by atoms with van der Waals surface area (Å²) in [7, 11) is 0. The molecule has 2 rings (SSSR count). The van der Waals surface area contributed by atoms with Gasteiger partial charge in [0.15, 0.2) is 28.9 Å². The van der Waals surface area contributed by atoms with Crippen molar-refractivity contribution in [2.75, 3.05) is 32.7 Å². The molecule has 18 N–H and O–H groups in total. The molecule has 0 heterocycles. The highest BCUT2D eigenvalue weighted by molar-refractivity contribution is 5.96. The first-order valence-corrected chi connectivity index (χ1v) is 49.6. The third-order valence-electron chi connectivity index (χ3n) is 20.3. The summed E-state index contributed by atoms with van der Waals surface area (Å²) in [5.74, 6) is 3.08. The van der Waals surface area contributed by atoms with Gasteiger partial charge in [0.25, 0.3) is 0 Å². The molecule has 0 aliphatic carbocycles. The summed E-state index contributed by atoms with van der Waals surface area (Å²) in [6.07, 6.45) is 13.9. The summed E-state index contributed by atoms with van der Waals surface area (Å²) in [4.78, 5) is 136. The van der Waals surface area contributed by atoms with Crippen LogP contribution in [-0.4, -0.2) is 127 Å². The number of hydrogen-bond acceptors (Lipinski definition) is 19. The van der Waals surface area contributed by atoms with Crippen molar-refractivity contribution in [1.29, 1.82) is 0 Å². The molecule has 10 unspecified atom stereocenters. The molecular weight excluding hydrogens is 1630 g/mol. The van der Waals surface area contributed by atoms with Crippen molar-refractivity contribution in [3.8, 4) is 0 Å². The van der Waals surface area contributed by atoms with E-state index < -0.39 is 57.3 Å². The molecule has 2 aromatic rings. The van der Waals surface area contributed by atoms with E-state index in [1.54, 1.807) is 0 Å². The smallest absolute Gasteiger partial charge is 0.223 e. The topological polar surface area (TPSA) is 420 Å². The van der Waals surface area contributed by atoms with E-state index in [2.05, 4.69) is 114 Å². The van der Waals surface area contributed by atoms with E-state index >= 15 is 0 Å². The third-order valence-corrected chi connectivity index (χ3v) is 20.3. The fraction of sp³-hybridized carbons (Fsp3) is 0.789. The Kier molecular flexibility index (Phi) is 77.4. The zero-order valence-corrected chi connectivity index (χ0v) is 90.6. The summed E-state index contributed by atoms with van der Waals surface area (Å²) in [6.45, 7) is 77.1. The molecular formula is C109H208N10O11. The summed E-state index contributed by atoms with van der Waals surface area (Å²) >= 11 is 0. The molecule has 0 aliphatic heterocycles. The molecule has 0 spiro atoms. The van der Waals surface area contributed by atoms with Crippen LogP contribution in [0.4, 0.5) is 0 Å². The Balaban J connectivity index is -0.000000279. The van der Waals surface area contributed by atoms with Crippen molar-refractivity contribution in [1.82, 2.24) is 10.6 Å². The Bertz CT molecular complexity index is 3130. The first-order chi connectivity index (χ1) is 59.3. The van der Waals surface area contributed by atoms with Crippen LogP contribution in [0.1, 0.15) is 389 Å². The minimum Gasteiger partial charge on any atom is -0.356 e. The number of carbonyl (C=O) groups excluding carboxylic acids is 11. The maximum atomic E-state index is 12.9. The second-order valence-corrected chi connectivity index (χ2v) is 46.0. The van der Waals surface area contributed by atoms with E-state index in [9.17, 15) is 52.7 Å². The van der Waals surface area contributed by atoms with Gasteiger partial charge in [-0.15, -0.1) is 0 Å². The van der Waals surface area contributed by atoms with Crippen molar-refractivity contribution < 1.29 is 52.7 Å². The second kappa shape index (κ2) is 73.4.